The lowest BCUT2D eigenvalue weighted by molar-refractivity contribution is 0.385. The van der Waals surface area contributed by atoms with Crippen LogP contribution in [0.2, 0.25) is 0 Å². The third-order valence-corrected chi connectivity index (χ3v) is 2.68. The van der Waals surface area contributed by atoms with Crippen LogP contribution in [0.4, 0.5) is 0 Å². The second-order valence-electron chi connectivity index (χ2n) is 4.15. The quantitative estimate of drug-likeness (QED) is 0.501. The lowest BCUT2D eigenvalue weighted by Gasteiger charge is -2.21. The van der Waals surface area contributed by atoms with Crippen molar-refractivity contribution in [2.24, 2.45) is 0 Å². The standard InChI is InChI=1S/C13H27N/c1-5-7-8-9-10-12-14(4)13(3)11-6-2/h3,5-12H2,1-2,4H3. The molecule has 0 aromatic carbocycles. The third kappa shape index (κ3) is 6.99. The third-order valence-electron chi connectivity index (χ3n) is 2.68. The normalized spacial score (nSPS) is 10.2. The number of unbranched alkanes of at least 4 members (excludes halogenated alkanes) is 4. The number of hydrogen-bond donors (Lipinski definition) is 0. The summed E-state index contributed by atoms with van der Waals surface area (Å²) in [5, 5.41) is 0. The largest absolute Gasteiger partial charge is 0.378 e. The van der Waals surface area contributed by atoms with Gasteiger partial charge in [-0.15, -0.1) is 0 Å². The zero-order chi connectivity index (χ0) is 10.8. The maximum atomic E-state index is 4.09. The Morgan fingerprint density at radius 1 is 1.00 bits per heavy atom. The van der Waals surface area contributed by atoms with Crippen LogP contribution in [0.5, 0.6) is 0 Å². The lowest BCUT2D eigenvalue weighted by Crippen LogP contribution is -2.18. The Kier molecular flexibility index (Phi) is 8.81. The molecule has 0 saturated heterocycles. The monoisotopic (exact) mass is 197 g/mol. The first kappa shape index (κ1) is 13.5. The molecule has 0 saturated carbocycles. The molecule has 0 atom stereocenters. The molecule has 0 radical (unpaired) electrons. The van der Waals surface area contributed by atoms with Crippen molar-refractivity contribution >= 4 is 0 Å². The molecule has 1 nitrogen and oxygen atoms in total. The van der Waals surface area contributed by atoms with Crippen LogP contribution in [-0.2, 0) is 0 Å². The molecule has 0 bridgehead atoms. The van der Waals surface area contributed by atoms with Crippen LogP contribution in [0.15, 0.2) is 12.3 Å². The van der Waals surface area contributed by atoms with Gasteiger partial charge in [0.25, 0.3) is 0 Å². The van der Waals surface area contributed by atoms with Gasteiger partial charge in [0.15, 0.2) is 0 Å². The second-order valence-corrected chi connectivity index (χ2v) is 4.15. The Balaban J connectivity index is 3.34. The number of allylic oxidation sites excluding steroid dienone is 1. The van der Waals surface area contributed by atoms with E-state index in [-0.39, 0.29) is 0 Å². The SMILES string of the molecule is C=C(CCC)N(C)CCCCCCC. The summed E-state index contributed by atoms with van der Waals surface area (Å²) in [5.41, 5.74) is 1.29. The van der Waals surface area contributed by atoms with Gasteiger partial charge >= 0.3 is 0 Å². The number of hydrogen-bond acceptors (Lipinski definition) is 1. The predicted molar refractivity (Wildman–Crippen MR) is 65.4 cm³/mol. The van der Waals surface area contributed by atoms with Crippen molar-refractivity contribution in [1.82, 2.24) is 4.90 Å². The van der Waals surface area contributed by atoms with E-state index >= 15 is 0 Å². The lowest BCUT2D eigenvalue weighted by atomic mass is 10.1. The fourth-order valence-corrected chi connectivity index (χ4v) is 1.59. The van der Waals surface area contributed by atoms with Crippen molar-refractivity contribution in [2.75, 3.05) is 13.6 Å². The van der Waals surface area contributed by atoms with E-state index in [9.17, 15) is 0 Å². The Morgan fingerprint density at radius 2 is 1.64 bits per heavy atom. The summed E-state index contributed by atoms with van der Waals surface area (Å²) in [5.74, 6) is 0. The van der Waals surface area contributed by atoms with Crippen LogP contribution in [0, 0.1) is 0 Å². The molecule has 0 aromatic heterocycles. The van der Waals surface area contributed by atoms with Crippen LogP contribution in [-0.4, -0.2) is 18.5 Å². The first-order chi connectivity index (χ1) is 6.72. The van der Waals surface area contributed by atoms with Crippen LogP contribution in [0.25, 0.3) is 0 Å². The van der Waals surface area contributed by atoms with Gasteiger partial charge in [0.2, 0.25) is 0 Å². The van der Waals surface area contributed by atoms with Gasteiger partial charge in [-0.1, -0.05) is 52.5 Å². The summed E-state index contributed by atoms with van der Waals surface area (Å²) in [4.78, 5) is 2.31. The van der Waals surface area contributed by atoms with Gasteiger partial charge in [-0.05, 0) is 12.8 Å². The highest BCUT2D eigenvalue weighted by Crippen LogP contribution is 2.09. The highest BCUT2D eigenvalue weighted by Gasteiger charge is 1.99. The zero-order valence-electron chi connectivity index (χ0n) is 10.3. The van der Waals surface area contributed by atoms with Crippen molar-refractivity contribution in [3.63, 3.8) is 0 Å². The van der Waals surface area contributed by atoms with E-state index in [4.69, 9.17) is 0 Å². The Bertz CT molecular complexity index is 140. The topological polar surface area (TPSA) is 3.24 Å². The molecule has 14 heavy (non-hydrogen) atoms. The zero-order valence-corrected chi connectivity index (χ0v) is 10.3. The van der Waals surface area contributed by atoms with Gasteiger partial charge in [-0.3, -0.25) is 0 Å². The van der Waals surface area contributed by atoms with E-state index in [0.29, 0.717) is 0 Å². The van der Waals surface area contributed by atoms with E-state index in [1.165, 1.54) is 50.8 Å². The molecule has 0 amide bonds. The fourth-order valence-electron chi connectivity index (χ4n) is 1.59. The predicted octanol–water partition coefficient (Wildman–Crippen LogP) is 4.20. The second kappa shape index (κ2) is 9.11. The van der Waals surface area contributed by atoms with Crippen LogP contribution in [0.1, 0.15) is 58.8 Å². The van der Waals surface area contributed by atoms with Crippen LogP contribution >= 0.6 is 0 Å². The molecule has 0 aliphatic rings. The minimum atomic E-state index is 1.14. The van der Waals surface area contributed by atoms with Gasteiger partial charge < -0.3 is 4.90 Å². The molecular formula is C13H27N. The minimum Gasteiger partial charge on any atom is -0.378 e. The van der Waals surface area contributed by atoms with Gasteiger partial charge in [0.1, 0.15) is 0 Å². The Labute approximate surface area is 90.2 Å². The molecule has 0 aromatic rings. The molecule has 0 rings (SSSR count). The highest BCUT2D eigenvalue weighted by molar-refractivity contribution is 4.91. The molecule has 1 heteroatoms. The molecule has 84 valence electrons. The maximum absolute atomic E-state index is 4.09. The summed E-state index contributed by atoms with van der Waals surface area (Å²) in [6.45, 7) is 9.74. The summed E-state index contributed by atoms with van der Waals surface area (Å²) in [6.07, 6.45) is 9.16. The van der Waals surface area contributed by atoms with Crippen LogP contribution in [0.3, 0.4) is 0 Å². The van der Waals surface area contributed by atoms with Crippen molar-refractivity contribution in [3.05, 3.63) is 12.3 Å². The average Bonchev–Trinajstić information content (AvgIpc) is 2.17. The molecular weight excluding hydrogens is 170 g/mol. The number of nitrogens with zero attached hydrogens (tertiary/aromatic N) is 1. The van der Waals surface area contributed by atoms with Gasteiger partial charge in [0.05, 0.1) is 0 Å². The van der Waals surface area contributed by atoms with Crippen molar-refractivity contribution < 1.29 is 0 Å². The van der Waals surface area contributed by atoms with Crippen molar-refractivity contribution in [3.8, 4) is 0 Å². The molecule has 0 fully saturated rings. The first-order valence-corrected chi connectivity index (χ1v) is 6.11. The van der Waals surface area contributed by atoms with E-state index in [1.54, 1.807) is 0 Å². The fraction of sp³-hybridized carbons (Fsp3) is 0.846. The molecule has 0 heterocycles. The molecule has 0 N–H and O–H groups in total. The van der Waals surface area contributed by atoms with Crippen molar-refractivity contribution in [2.45, 2.75) is 58.8 Å². The van der Waals surface area contributed by atoms with Gasteiger partial charge in [0, 0.05) is 19.3 Å². The summed E-state index contributed by atoms with van der Waals surface area (Å²) < 4.78 is 0. The maximum Gasteiger partial charge on any atom is 0.0171 e. The molecule has 0 unspecified atom stereocenters. The minimum absolute atomic E-state index is 1.14. The first-order valence-electron chi connectivity index (χ1n) is 6.11. The van der Waals surface area contributed by atoms with Gasteiger partial charge in [-0.25, -0.2) is 0 Å². The number of rotatable bonds is 9. The van der Waals surface area contributed by atoms with Crippen LogP contribution < -0.4 is 0 Å². The summed E-state index contributed by atoms with van der Waals surface area (Å²) in [7, 11) is 2.16. The van der Waals surface area contributed by atoms with Crippen molar-refractivity contribution in [1.29, 1.82) is 0 Å². The average molecular weight is 197 g/mol. The van der Waals surface area contributed by atoms with E-state index < -0.39 is 0 Å². The summed E-state index contributed by atoms with van der Waals surface area (Å²) >= 11 is 0. The molecule has 0 aliphatic heterocycles. The van der Waals surface area contributed by atoms with E-state index in [0.717, 1.165) is 6.42 Å². The van der Waals surface area contributed by atoms with Gasteiger partial charge in [-0.2, -0.15) is 0 Å². The Morgan fingerprint density at radius 3 is 2.21 bits per heavy atom. The smallest absolute Gasteiger partial charge is 0.0171 e. The molecule has 0 aliphatic carbocycles. The highest BCUT2D eigenvalue weighted by atomic mass is 15.1. The Hall–Kier alpha value is -0.460. The van der Waals surface area contributed by atoms with E-state index in [2.05, 4.69) is 32.4 Å². The summed E-state index contributed by atoms with van der Waals surface area (Å²) in [6, 6.07) is 0. The van der Waals surface area contributed by atoms with E-state index in [1.807, 2.05) is 0 Å². The molecule has 0 spiro atoms.